The highest BCUT2D eigenvalue weighted by Gasteiger charge is 2.00. The molecule has 1 heterocycles. The van der Waals surface area contributed by atoms with Crippen molar-refractivity contribution in [1.29, 1.82) is 0 Å². The van der Waals surface area contributed by atoms with Gasteiger partial charge in [-0.25, -0.2) is 4.98 Å². The van der Waals surface area contributed by atoms with Gasteiger partial charge < -0.3 is 5.73 Å². The summed E-state index contributed by atoms with van der Waals surface area (Å²) in [7, 11) is 0. The van der Waals surface area contributed by atoms with Gasteiger partial charge in [-0.15, -0.1) is 12.4 Å². The average molecular weight is 231 g/mol. The van der Waals surface area contributed by atoms with Gasteiger partial charge in [0.05, 0.1) is 11.0 Å². The van der Waals surface area contributed by atoms with Gasteiger partial charge in [0.2, 0.25) is 0 Å². The Labute approximate surface area is 99.5 Å². The SMILES string of the molecule is Cl.Nc1cccc2nc3ccccc3cc12. The van der Waals surface area contributed by atoms with Crippen molar-refractivity contribution in [2.75, 3.05) is 5.73 Å². The monoisotopic (exact) mass is 230 g/mol. The Morgan fingerprint density at radius 1 is 0.875 bits per heavy atom. The van der Waals surface area contributed by atoms with Crippen LogP contribution in [0.15, 0.2) is 48.5 Å². The number of halogens is 1. The lowest BCUT2D eigenvalue weighted by molar-refractivity contribution is 1.50. The normalized spacial score (nSPS) is 10.2. The van der Waals surface area contributed by atoms with Crippen LogP contribution in [0.4, 0.5) is 5.69 Å². The molecule has 2 aromatic carbocycles. The summed E-state index contributed by atoms with van der Waals surface area (Å²) in [5.41, 5.74) is 8.65. The van der Waals surface area contributed by atoms with E-state index in [0.717, 1.165) is 27.5 Å². The number of nitrogen functional groups attached to an aromatic ring is 1. The summed E-state index contributed by atoms with van der Waals surface area (Å²) < 4.78 is 0. The highest BCUT2D eigenvalue weighted by molar-refractivity contribution is 5.98. The second kappa shape index (κ2) is 3.99. The van der Waals surface area contributed by atoms with Gasteiger partial charge in [-0.05, 0) is 24.3 Å². The van der Waals surface area contributed by atoms with E-state index in [1.807, 2.05) is 42.5 Å². The summed E-state index contributed by atoms with van der Waals surface area (Å²) in [4.78, 5) is 4.56. The predicted molar refractivity (Wildman–Crippen MR) is 70.9 cm³/mol. The lowest BCUT2D eigenvalue weighted by Crippen LogP contribution is -1.88. The van der Waals surface area contributed by atoms with Crippen molar-refractivity contribution in [3.8, 4) is 0 Å². The molecule has 0 fully saturated rings. The molecular formula is C13H11ClN2. The molecule has 0 unspecified atom stereocenters. The molecule has 3 heteroatoms. The Morgan fingerprint density at radius 3 is 2.50 bits per heavy atom. The maximum absolute atomic E-state index is 5.91. The number of rotatable bonds is 0. The third kappa shape index (κ3) is 1.57. The summed E-state index contributed by atoms with van der Waals surface area (Å²) in [6.07, 6.45) is 0. The first-order valence-electron chi connectivity index (χ1n) is 4.88. The first-order valence-corrected chi connectivity index (χ1v) is 4.88. The van der Waals surface area contributed by atoms with Gasteiger partial charge in [0, 0.05) is 16.5 Å². The number of anilines is 1. The molecule has 2 nitrogen and oxygen atoms in total. The Balaban J connectivity index is 0.000000963. The van der Waals surface area contributed by atoms with Gasteiger partial charge in [-0.3, -0.25) is 0 Å². The van der Waals surface area contributed by atoms with Gasteiger partial charge in [0.15, 0.2) is 0 Å². The molecule has 3 aromatic rings. The molecule has 0 aliphatic carbocycles. The minimum atomic E-state index is 0. The van der Waals surface area contributed by atoms with Crippen molar-refractivity contribution in [1.82, 2.24) is 4.98 Å². The molecule has 80 valence electrons. The lowest BCUT2D eigenvalue weighted by Gasteiger charge is -2.03. The number of pyridine rings is 1. The summed E-state index contributed by atoms with van der Waals surface area (Å²) in [5.74, 6) is 0. The van der Waals surface area contributed by atoms with Gasteiger partial charge >= 0.3 is 0 Å². The summed E-state index contributed by atoms with van der Waals surface area (Å²) in [6, 6.07) is 16.0. The van der Waals surface area contributed by atoms with Crippen molar-refractivity contribution in [3.05, 3.63) is 48.5 Å². The fourth-order valence-electron chi connectivity index (χ4n) is 1.82. The topological polar surface area (TPSA) is 38.9 Å². The largest absolute Gasteiger partial charge is 0.398 e. The second-order valence-electron chi connectivity index (χ2n) is 3.59. The Hall–Kier alpha value is -1.80. The van der Waals surface area contributed by atoms with Crippen molar-refractivity contribution in [2.24, 2.45) is 0 Å². The molecule has 1 aromatic heterocycles. The number of benzene rings is 2. The van der Waals surface area contributed by atoms with E-state index in [1.54, 1.807) is 0 Å². The molecule has 16 heavy (non-hydrogen) atoms. The van der Waals surface area contributed by atoms with Crippen molar-refractivity contribution < 1.29 is 0 Å². The molecular weight excluding hydrogens is 220 g/mol. The van der Waals surface area contributed by atoms with E-state index >= 15 is 0 Å². The number of nitrogens with two attached hydrogens (primary N) is 1. The molecule has 0 saturated carbocycles. The Morgan fingerprint density at radius 2 is 1.62 bits per heavy atom. The number of nitrogens with zero attached hydrogens (tertiary/aromatic N) is 1. The fraction of sp³-hybridized carbons (Fsp3) is 0. The first kappa shape index (κ1) is 10.7. The van der Waals surface area contributed by atoms with Gasteiger partial charge in [0.25, 0.3) is 0 Å². The summed E-state index contributed by atoms with van der Waals surface area (Å²) >= 11 is 0. The second-order valence-corrected chi connectivity index (χ2v) is 3.59. The van der Waals surface area contributed by atoms with Gasteiger partial charge in [-0.2, -0.15) is 0 Å². The quantitative estimate of drug-likeness (QED) is 0.475. The minimum absolute atomic E-state index is 0. The van der Waals surface area contributed by atoms with E-state index in [0.29, 0.717) is 0 Å². The van der Waals surface area contributed by atoms with Crippen LogP contribution >= 0.6 is 12.4 Å². The number of fused-ring (bicyclic) bond motifs is 2. The zero-order chi connectivity index (χ0) is 10.3. The summed E-state index contributed by atoms with van der Waals surface area (Å²) in [6.45, 7) is 0. The summed E-state index contributed by atoms with van der Waals surface area (Å²) in [5, 5.41) is 2.15. The zero-order valence-corrected chi connectivity index (χ0v) is 9.37. The molecule has 0 amide bonds. The molecule has 0 radical (unpaired) electrons. The number of para-hydroxylation sites is 1. The smallest absolute Gasteiger partial charge is 0.0730 e. The third-order valence-electron chi connectivity index (χ3n) is 2.59. The average Bonchev–Trinajstić information content (AvgIpc) is 2.27. The predicted octanol–water partition coefficient (Wildman–Crippen LogP) is 3.39. The van der Waals surface area contributed by atoms with Crippen LogP contribution in [-0.4, -0.2) is 4.98 Å². The van der Waals surface area contributed by atoms with E-state index in [9.17, 15) is 0 Å². The van der Waals surface area contributed by atoms with Crippen molar-refractivity contribution in [3.63, 3.8) is 0 Å². The van der Waals surface area contributed by atoms with E-state index in [1.165, 1.54) is 0 Å². The van der Waals surface area contributed by atoms with E-state index in [4.69, 9.17) is 5.73 Å². The molecule has 0 saturated heterocycles. The van der Waals surface area contributed by atoms with E-state index in [2.05, 4.69) is 11.1 Å². The van der Waals surface area contributed by atoms with E-state index < -0.39 is 0 Å². The van der Waals surface area contributed by atoms with Crippen LogP contribution in [0.25, 0.3) is 21.8 Å². The van der Waals surface area contributed by atoms with Crippen LogP contribution < -0.4 is 5.73 Å². The Bertz CT molecular complexity index is 650. The van der Waals surface area contributed by atoms with Crippen LogP contribution in [0.1, 0.15) is 0 Å². The Kier molecular flexibility index (Phi) is 2.67. The standard InChI is InChI=1S/C13H10N2.ClH/c14-11-5-3-7-13-10(11)8-9-4-1-2-6-12(9)15-13;/h1-8H,14H2;1H. The van der Waals surface area contributed by atoms with Crippen LogP contribution in [0.5, 0.6) is 0 Å². The van der Waals surface area contributed by atoms with Crippen LogP contribution in [-0.2, 0) is 0 Å². The molecule has 0 aliphatic rings. The van der Waals surface area contributed by atoms with Crippen molar-refractivity contribution in [2.45, 2.75) is 0 Å². The molecule has 0 atom stereocenters. The molecule has 0 aliphatic heterocycles. The first-order chi connectivity index (χ1) is 7.34. The minimum Gasteiger partial charge on any atom is -0.398 e. The highest BCUT2D eigenvalue weighted by atomic mass is 35.5. The van der Waals surface area contributed by atoms with Crippen LogP contribution in [0, 0.1) is 0 Å². The van der Waals surface area contributed by atoms with Crippen molar-refractivity contribution >= 4 is 39.9 Å². The highest BCUT2D eigenvalue weighted by Crippen LogP contribution is 2.23. The fourth-order valence-corrected chi connectivity index (χ4v) is 1.82. The zero-order valence-electron chi connectivity index (χ0n) is 8.55. The third-order valence-corrected chi connectivity index (χ3v) is 2.59. The molecule has 0 spiro atoms. The van der Waals surface area contributed by atoms with Gasteiger partial charge in [-0.1, -0.05) is 24.3 Å². The van der Waals surface area contributed by atoms with Gasteiger partial charge in [0.1, 0.15) is 0 Å². The molecule has 2 N–H and O–H groups in total. The molecule has 0 bridgehead atoms. The number of hydrogen-bond acceptors (Lipinski definition) is 2. The van der Waals surface area contributed by atoms with Crippen LogP contribution in [0.2, 0.25) is 0 Å². The lowest BCUT2D eigenvalue weighted by atomic mass is 10.1. The molecule has 3 rings (SSSR count). The number of aromatic nitrogens is 1. The maximum atomic E-state index is 5.91. The van der Waals surface area contributed by atoms with Crippen LogP contribution in [0.3, 0.4) is 0 Å². The number of hydrogen-bond donors (Lipinski definition) is 1. The van der Waals surface area contributed by atoms with E-state index in [-0.39, 0.29) is 12.4 Å². The maximum Gasteiger partial charge on any atom is 0.0730 e.